The van der Waals surface area contributed by atoms with Gasteiger partial charge in [-0.2, -0.15) is 4.31 Å². The molecular weight excluding hydrogens is 238 g/mol. The number of nitrogens with one attached hydrogen (secondary N) is 1. The summed E-state index contributed by atoms with van der Waals surface area (Å²) in [5.74, 6) is 0. The van der Waals surface area contributed by atoms with Gasteiger partial charge in [0.05, 0.1) is 0 Å². The van der Waals surface area contributed by atoms with Crippen LogP contribution in [0.1, 0.15) is 25.7 Å². The van der Waals surface area contributed by atoms with Gasteiger partial charge in [-0.1, -0.05) is 0 Å². The normalized spacial score (nSPS) is 26.3. The van der Waals surface area contributed by atoms with Gasteiger partial charge in [0.25, 0.3) is 10.0 Å². The number of nitrogens with zero attached hydrogens (tertiary/aromatic N) is 1. The van der Waals surface area contributed by atoms with Crippen molar-refractivity contribution in [3.8, 4) is 0 Å². The molecule has 6 heteroatoms. The molecular formula is C11H19N3O2S. The Balaban J connectivity index is 2.12. The first-order valence-corrected chi connectivity index (χ1v) is 7.33. The van der Waals surface area contributed by atoms with Crippen LogP contribution in [0.5, 0.6) is 0 Å². The lowest BCUT2D eigenvalue weighted by Crippen LogP contribution is -2.41. The van der Waals surface area contributed by atoms with Crippen molar-refractivity contribution < 1.29 is 8.42 Å². The molecule has 1 aromatic heterocycles. The molecule has 0 atom stereocenters. The van der Waals surface area contributed by atoms with E-state index in [0.717, 1.165) is 25.7 Å². The number of hydrogen-bond acceptors (Lipinski definition) is 3. The second-order valence-corrected chi connectivity index (χ2v) is 6.59. The van der Waals surface area contributed by atoms with Gasteiger partial charge in [0.15, 0.2) is 0 Å². The van der Waals surface area contributed by atoms with Crippen molar-refractivity contribution in [2.24, 2.45) is 5.73 Å². The molecule has 0 unspecified atom stereocenters. The van der Waals surface area contributed by atoms with E-state index in [2.05, 4.69) is 4.98 Å². The summed E-state index contributed by atoms with van der Waals surface area (Å²) in [6.45, 7) is 0. The van der Waals surface area contributed by atoms with Crippen LogP contribution in [-0.4, -0.2) is 36.8 Å². The van der Waals surface area contributed by atoms with Gasteiger partial charge >= 0.3 is 0 Å². The Morgan fingerprint density at radius 1 is 1.35 bits per heavy atom. The number of H-pyrrole nitrogens is 1. The predicted molar refractivity (Wildman–Crippen MR) is 66.0 cm³/mol. The van der Waals surface area contributed by atoms with Crippen LogP contribution in [-0.2, 0) is 10.0 Å². The highest BCUT2D eigenvalue weighted by molar-refractivity contribution is 7.89. The fourth-order valence-electron chi connectivity index (χ4n) is 2.29. The monoisotopic (exact) mass is 257 g/mol. The van der Waals surface area contributed by atoms with Crippen LogP contribution in [0, 0.1) is 0 Å². The lowest BCUT2D eigenvalue weighted by molar-refractivity contribution is 0.268. The molecule has 0 radical (unpaired) electrons. The first-order chi connectivity index (χ1) is 8.01. The van der Waals surface area contributed by atoms with E-state index < -0.39 is 10.0 Å². The summed E-state index contributed by atoms with van der Waals surface area (Å²) >= 11 is 0. The summed E-state index contributed by atoms with van der Waals surface area (Å²) in [6.07, 6.45) is 5.11. The van der Waals surface area contributed by atoms with Crippen LogP contribution in [0.25, 0.3) is 0 Å². The molecule has 0 aromatic carbocycles. The third kappa shape index (κ3) is 2.53. The number of hydrogen-bond donors (Lipinski definition) is 2. The van der Waals surface area contributed by atoms with Crippen molar-refractivity contribution in [3.05, 3.63) is 18.3 Å². The largest absolute Gasteiger partial charge is 0.351 e. The lowest BCUT2D eigenvalue weighted by atomic mass is 9.92. The SMILES string of the molecule is CN(C1CCC(N)CC1)S(=O)(=O)c1ccc[nH]1. The van der Waals surface area contributed by atoms with E-state index in [9.17, 15) is 8.42 Å². The first kappa shape index (κ1) is 12.6. The van der Waals surface area contributed by atoms with E-state index in [1.54, 1.807) is 25.4 Å². The molecule has 1 saturated carbocycles. The maximum absolute atomic E-state index is 12.2. The molecule has 5 nitrogen and oxygen atoms in total. The van der Waals surface area contributed by atoms with Gasteiger partial charge in [-0.3, -0.25) is 0 Å². The van der Waals surface area contributed by atoms with Gasteiger partial charge in [-0.25, -0.2) is 8.42 Å². The molecule has 1 aliphatic rings. The molecule has 0 amide bonds. The van der Waals surface area contributed by atoms with Gasteiger partial charge in [0.1, 0.15) is 5.03 Å². The van der Waals surface area contributed by atoms with Crippen molar-refractivity contribution in [2.45, 2.75) is 42.8 Å². The van der Waals surface area contributed by atoms with Gasteiger partial charge in [-0.05, 0) is 37.8 Å². The number of sulfonamides is 1. The Morgan fingerprint density at radius 2 is 2.00 bits per heavy atom. The number of aromatic amines is 1. The average molecular weight is 257 g/mol. The van der Waals surface area contributed by atoms with Gasteiger partial charge in [0.2, 0.25) is 0 Å². The minimum Gasteiger partial charge on any atom is -0.351 e. The Kier molecular flexibility index (Phi) is 3.56. The third-order valence-corrected chi connectivity index (χ3v) is 5.35. The predicted octanol–water partition coefficient (Wildman–Crippen LogP) is 0.905. The van der Waals surface area contributed by atoms with Crippen LogP contribution >= 0.6 is 0 Å². The molecule has 0 spiro atoms. The van der Waals surface area contributed by atoms with Crippen molar-refractivity contribution in [2.75, 3.05) is 7.05 Å². The highest BCUT2D eigenvalue weighted by Gasteiger charge is 2.30. The van der Waals surface area contributed by atoms with Crippen molar-refractivity contribution in [1.29, 1.82) is 0 Å². The molecule has 2 rings (SSSR count). The summed E-state index contributed by atoms with van der Waals surface area (Å²) in [6, 6.07) is 3.58. The van der Waals surface area contributed by atoms with Crippen LogP contribution in [0.3, 0.4) is 0 Å². The van der Waals surface area contributed by atoms with E-state index in [1.165, 1.54) is 4.31 Å². The highest BCUT2D eigenvalue weighted by Crippen LogP contribution is 2.25. The van der Waals surface area contributed by atoms with E-state index in [-0.39, 0.29) is 17.1 Å². The lowest BCUT2D eigenvalue weighted by Gasteiger charge is -2.32. The van der Waals surface area contributed by atoms with E-state index >= 15 is 0 Å². The second kappa shape index (κ2) is 4.80. The minimum absolute atomic E-state index is 0.0723. The Hall–Kier alpha value is -0.850. The molecule has 1 aliphatic carbocycles. The van der Waals surface area contributed by atoms with Crippen LogP contribution < -0.4 is 5.73 Å². The topological polar surface area (TPSA) is 79.2 Å². The fraction of sp³-hybridized carbons (Fsp3) is 0.636. The molecule has 0 aliphatic heterocycles. The summed E-state index contributed by atoms with van der Waals surface area (Å²) in [5, 5.41) is 0.259. The number of aromatic nitrogens is 1. The standard InChI is InChI=1S/C11H19N3O2S/c1-14(10-6-4-9(12)5-7-10)17(15,16)11-3-2-8-13-11/h2-3,8-10,13H,4-7,12H2,1H3. The Morgan fingerprint density at radius 3 is 2.53 bits per heavy atom. The van der Waals surface area contributed by atoms with Crippen LogP contribution in [0.4, 0.5) is 0 Å². The van der Waals surface area contributed by atoms with Gasteiger partial charge in [0, 0.05) is 25.3 Å². The summed E-state index contributed by atoms with van der Waals surface area (Å²) in [5.41, 5.74) is 5.83. The summed E-state index contributed by atoms with van der Waals surface area (Å²) < 4.78 is 26.0. The van der Waals surface area contributed by atoms with Crippen molar-refractivity contribution in [3.63, 3.8) is 0 Å². The molecule has 0 saturated heterocycles. The summed E-state index contributed by atoms with van der Waals surface area (Å²) in [4.78, 5) is 2.75. The zero-order valence-corrected chi connectivity index (χ0v) is 10.8. The molecule has 1 heterocycles. The zero-order chi connectivity index (χ0) is 12.5. The van der Waals surface area contributed by atoms with Crippen molar-refractivity contribution >= 4 is 10.0 Å². The third-order valence-electron chi connectivity index (χ3n) is 3.48. The quantitative estimate of drug-likeness (QED) is 0.844. The maximum atomic E-state index is 12.2. The fourth-order valence-corrected chi connectivity index (χ4v) is 3.67. The van der Waals surface area contributed by atoms with Crippen LogP contribution in [0.2, 0.25) is 0 Å². The number of nitrogens with two attached hydrogens (primary N) is 1. The highest BCUT2D eigenvalue weighted by atomic mass is 32.2. The zero-order valence-electron chi connectivity index (χ0n) is 9.96. The molecule has 3 N–H and O–H groups in total. The molecule has 1 fully saturated rings. The smallest absolute Gasteiger partial charge is 0.258 e. The van der Waals surface area contributed by atoms with E-state index in [4.69, 9.17) is 5.73 Å². The second-order valence-electron chi connectivity index (χ2n) is 4.62. The van der Waals surface area contributed by atoms with Gasteiger partial charge in [-0.15, -0.1) is 0 Å². The van der Waals surface area contributed by atoms with E-state index in [0.29, 0.717) is 0 Å². The number of rotatable bonds is 3. The van der Waals surface area contributed by atoms with Crippen molar-refractivity contribution in [1.82, 2.24) is 9.29 Å². The Labute approximate surface area is 102 Å². The maximum Gasteiger partial charge on any atom is 0.258 e. The van der Waals surface area contributed by atoms with E-state index in [1.807, 2.05) is 0 Å². The van der Waals surface area contributed by atoms with Gasteiger partial charge < -0.3 is 10.7 Å². The minimum atomic E-state index is -3.38. The Bertz CT molecular complexity index is 447. The molecule has 96 valence electrons. The van der Waals surface area contributed by atoms with Crippen LogP contribution in [0.15, 0.2) is 23.4 Å². The first-order valence-electron chi connectivity index (χ1n) is 5.89. The molecule has 17 heavy (non-hydrogen) atoms. The summed E-state index contributed by atoms with van der Waals surface area (Å²) in [7, 11) is -1.73. The molecule has 1 aromatic rings. The average Bonchev–Trinajstić information content (AvgIpc) is 2.83. The molecule has 0 bridgehead atoms.